The summed E-state index contributed by atoms with van der Waals surface area (Å²) in [6.07, 6.45) is 4.98. The van der Waals surface area contributed by atoms with Gasteiger partial charge in [0.25, 0.3) is 0 Å². The van der Waals surface area contributed by atoms with E-state index in [4.69, 9.17) is 9.72 Å². The zero-order chi connectivity index (χ0) is 25.1. The minimum atomic E-state index is 0.00778. The Balaban J connectivity index is 1.47. The van der Waals surface area contributed by atoms with Crippen LogP contribution in [0.4, 0.5) is 5.00 Å². The summed E-state index contributed by atoms with van der Waals surface area (Å²) in [5, 5.41) is 12.0. The van der Waals surface area contributed by atoms with E-state index >= 15 is 0 Å². The van der Waals surface area contributed by atoms with Crippen molar-refractivity contribution < 1.29 is 9.53 Å². The zero-order valence-corrected chi connectivity index (χ0v) is 22.4. The standard InChI is InChI=1S/C27H31N5O2S2/c1-16-13-20-24(26-31-21-14-18(6-7-22(21)35-26)19-5-4-9-29-15-19)27(36-25(20)17(2)30-16)32-23(33)8-10-28-11-12-34-3/h4-7,9,14-17,28,30H,8,10-13H2,1-3H3,(H,32,33)/t16-,17+/m1/s1. The van der Waals surface area contributed by atoms with E-state index in [0.29, 0.717) is 25.6 Å². The van der Waals surface area contributed by atoms with Crippen LogP contribution in [-0.4, -0.2) is 48.7 Å². The topological polar surface area (TPSA) is 88.2 Å². The van der Waals surface area contributed by atoms with Gasteiger partial charge in [-0.2, -0.15) is 0 Å². The molecule has 2 atom stereocenters. The van der Waals surface area contributed by atoms with Gasteiger partial charge < -0.3 is 20.7 Å². The van der Waals surface area contributed by atoms with Crippen LogP contribution in [0, 0.1) is 0 Å². The van der Waals surface area contributed by atoms with Crippen LogP contribution < -0.4 is 16.0 Å². The molecule has 0 spiro atoms. The number of hydrogen-bond donors (Lipinski definition) is 3. The number of pyridine rings is 1. The molecule has 4 heterocycles. The van der Waals surface area contributed by atoms with Crippen LogP contribution in [0.2, 0.25) is 0 Å². The lowest BCUT2D eigenvalue weighted by Crippen LogP contribution is -2.35. The van der Waals surface area contributed by atoms with E-state index in [1.54, 1.807) is 36.0 Å². The number of carbonyl (C=O) groups is 1. The van der Waals surface area contributed by atoms with E-state index in [-0.39, 0.29) is 11.9 Å². The second kappa shape index (κ2) is 11.1. The highest BCUT2D eigenvalue weighted by Crippen LogP contribution is 2.47. The van der Waals surface area contributed by atoms with Gasteiger partial charge in [0.2, 0.25) is 5.91 Å². The molecule has 1 aromatic carbocycles. The van der Waals surface area contributed by atoms with Crippen molar-refractivity contribution in [3.63, 3.8) is 0 Å². The molecule has 1 aliphatic heterocycles. The third kappa shape index (κ3) is 5.35. The maximum absolute atomic E-state index is 12.8. The normalized spacial score (nSPS) is 17.3. The molecule has 4 aromatic rings. The molecule has 0 bridgehead atoms. The fourth-order valence-corrected chi connectivity index (χ4v) is 7.00. The van der Waals surface area contributed by atoms with E-state index in [9.17, 15) is 4.79 Å². The highest BCUT2D eigenvalue weighted by atomic mass is 32.1. The van der Waals surface area contributed by atoms with Gasteiger partial charge in [-0.1, -0.05) is 12.1 Å². The average molecular weight is 522 g/mol. The molecule has 0 unspecified atom stereocenters. The Bertz CT molecular complexity index is 1350. The third-order valence-corrected chi connectivity index (χ3v) is 8.72. The van der Waals surface area contributed by atoms with Crippen LogP contribution in [0.5, 0.6) is 0 Å². The minimum absolute atomic E-state index is 0.00778. The number of aromatic nitrogens is 2. The number of thiophene rings is 1. The van der Waals surface area contributed by atoms with Gasteiger partial charge in [0.05, 0.1) is 16.8 Å². The smallest absolute Gasteiger partial charge is 0.226 e. The summed E-state index contributed by atoms with van der Waals surface area (Å²) in [6, 6.07) is 11.0. The van der Waals surface area contributed by atoms with Gasteiger partial charge in [0.1, 0.15) is 10.0 Å². The van der Waals surface area contributed by atoms with E-state index in [1.165, 1.54) is 10.4 Å². The molecular weight excluding hydrogens is 490 g/mol. The quantitative estimate of drug-likeness (QED) is 0.261. The second-order valence-electron chi connectivity index (χ2n) is 9.13. The van der Waals surface area contributed by atoms with Gasteiger partial charge in [-0.15, -0.1) is 22.7 Å². The van der Waals surface area contributed by atoms with E-state index < -0.39 is 0 Å². The molecule has 7 nitrogen and oxygen atoms in total. The number of benzene rings is 1. The van der Waals surface area contributed by atoms with Crippen molar-refractivity contribution in [1.29, 1.82) is 0 Å². The highest BCUT2D eigenvalue weighted by Gasteiger charge is 2.30. The molecule has 3 aromatic heterocycles. The number of ether oxygens (including phenoxy) is 1. The first-order valence-electron chi connectivity index (χ1n) is 12.3. The Kier molecular flexibility index (Phi) is 7.73. The number of methoxy groups -OCH3 is 1. The van der Waals surface area contributed by atoms with Crippen molar-refractivity contribution in [2.45, 2.75) is 38.8 Å². The summed E-state index contributed by atoms with van der Waals surface area (Å²) in [5.74, 6) is 0.00778. The van der Waals surface area contributed by atoms with Crippen LogP contribution >= 0.6 is 22.7 Å². The number of anilines is 1. The van der Waals surface area contributed by atoms with Crippen LogP contribution in [0.25, 0.3) is 31.9 Å². The Morgan fingerprint density at radius 3 is 2.89 bits per heavy atom. The van der Waals surface area contributed by atoms with Crippen molar-refractivity contribution >= 4 is 43.8 Å². The largest absolute Gasteiger partial charge is 0.383 e. The number of carbonyl (C=O) groups excluding carboxylic acids is 1. The fraction of sp³-hybridized carbons (Fsp3) is 0.370. The predicted octanol–water partition coefficient (Wildman–Crippen LogP) is 5.25. The first-order chi connectivity index (χ1) is 17.5. The second-order valence-corrected chi connectivity index (χ2v) is 11.2. The predicted molar refractivity (Wildman–Crippen MR) is 149 cm³/mol. The van der Waals surface area contributed by atoms with Crippen molar-refractivity contribution in [2.24, 2.45) is 0 Å². The highest BCUT2D eigenvalue weighted by molar-refractivity contribution is 7.23. The first kappa shape index (κ1) is 25.0. The number of amides is 1. The number of fused-ring (bicyclic) bond motifs is 2. The number of hydrogen-bond acceptors (Lipinski definition) is 8. The SMILES string of the molecule is COCCNCCC(=O)Nc1sc2c(c1-c1nc3cc(-c4cccnc4)ccc3s1)C[C@@H](C)N[C@H]2C. The van der Waals surface area contributed by atoms with E-state index in [1.807, 2.05) is 12.3 Å². The molecule has 36 heavy (non-hydrogen) atoms. The van der Waals surface area contributed by atoms with E-state index in [0.717, 1.165) is 49.9 Å². The molecule has 0 radical (unpaired) electrons. The number of thiazole rings is 1. The maximum Gasteiger partial charge on any atom is 0.226 e. The third-order valence-electron chi connectivity index (χ3n) is 6.34. The Hall–Kier alpha value is -2.69. The molecule has 0 saturated carbocycles. The van der Waals surface area contributed by atoms with Gasteiger partial charge >= 0.3 is 0 Å². The summed E-state index contributed by atoms with van der Waals surface area (Å²) in [4.78, 5) is 23.5. The Labute approximate surface area is 219 Å². The zero-order valence-electron chi connectivity index (χ0n) is 20.8. The van der Waals surface area contributed by atoms with Crippen LogP contribution in [0.15, 0.2) is 42.7 Å². The van der Waals surface area contributed by atoms with Crippen LogP contribution in [0.1, 0.15) is 36.8 Å². The van der Waals surface area contributed by atoms with Crippen molar-refractivity contribution in [1.82, 2.24) is 20.6 Å². The van der Waals surface area contributed by atoms with Gasteiger partial charge in [-0.25, -0.2) is 4.98 Å². The van der Waals surface area contributed by atoms with Gasteiger partial charge in [-0.05, 0) is 49.6 Å². The molecule has 1 amide bonds. The Morgan fingerprint density at radius 2 is 2.08 bits per heavy atom. The monoisotopic (exact) mass is 521 g/mol. The van der Waals surface area contributed by atoms with Crippen molar-refractivity contribution in [2.75, 3.05) is 32.1 Å². The molecular formula is C27H31N5O2S2. The molecule has 9 heteroatoms. The minimum Gasteiger partial charge on any atom is -0.383 e. The molecule has 0 aliphatic carbocycles. The lowest BCUT2D eigenvalue weighted by atomic mass is 9.95. The summed E-state index contributed by atoms with van der Waals surface area (Å²) in [7, 11) is 1.67. The molecule has 188 valence electrons. The van der Waals surface area contributed by atoms with Crippen molar-refractivity contribution in [3.05, 3.63) is 53.2 Å². The molecule has 0 fully saturated rings. The lowest BCUT2D eigenvalue weighted by molar-refractivity contribution is -0.116. The lowest BCUT2D eigenvalue weighted by Gasteiger charge is -2.26. The first-order valence-corrected chi connectivity index (χ1v) is 13.9. The van der Waals surface area contributed by atoms with Gasteiger partial charge in [0.15, 0.2) is 0 Å². The molecule has 5 rings (SSSR count). The number of nitrogens with one attached hydrogen (secondary N) is 3. The number of nitrogens with zero attached hydrogens (tertiary/aromatic N) is 2. The number of rotatable bonds is 9. The Morgan fingerprint density at radius 1 is 1.19 bits per heavy atom. The summed E-state index contributed by atoms with van der Waals surface area (Å²) in [6.45, 7) is 6.38. The maximum atomic E-state index is 12.8. The van der Waals surface area contributed by atoms with Crippen molar-refractivity contribution in [3.8, 4) is 21.7 Å². The summed E-state index contributed by atoms with van der Waals surface area (Å²) < 4.78 is 6.19. The van der Waals surface area contributed by atoms with E-state index in [2.05, 4.69) is 59.0 Å². The molecule has 0 saturated heterocycles. The molecule has 3 N–H and O–H groups in total. The molecule has 1 aliphatic rings. The fourth-order valence-electron chi connectivity index (χ4n) is 4.65. The average Bonchev–Trinajstić information content (AvgIpc) is 3.44. The summed E-state index contributed by atoms with van der Waals surface area (Å²) in [5.41, 5.74) is 5.52. The van der Waals surface area contributed by atoms with Crippen LogP contribution in [-0.2, 0) is 16.0 Å². The summed E-state index contributed by atoms with van der Waals surface area (Å²) >= 11 is 3.36. The van der Waals surface area contributed by atoms with Gasteiger partial charge in [-0.3, -0.25) is 9.78 Å². The van der Waals surface area contributed by atoms with Crippen LogP contribution in [0.3, 0.4) is 0 Å². The van der Waals surface area contributed by atoms with Gasteiger partial charge in [0, 0.05) is 67.1 Å².